The smallest absolute Gasteiger partial charge is 0.300 e. The predicted octanol–water partition coefficient (Wildman–Crippen LogP) is 4.46. The van der Waals surface area contributed by atoms with Crippen LogP contribution < -0.4 is 28.6 Å². The summed E-state index contributed by atoms with van der Waals surface area (Å²) in [5, 5.41) is 11.5. The van der Waals surface area contributed by atoms with E-state index in [1.54, 1.807) is 60.7 Å². The van der Waals surface area contributed by atoms with Crippen molar-refractivity contribution in [3.63, 3.8) is 0 Å². The lowest BCUT2D eigenvalue weighted by Gasteiger charge is -2.26. The van der Waals surface area contributed by atoms with Crippen molar-refractivity contribution in [3.8, 4) is 28.7 Å². The van der Waals surface area contributed by atoms with Gasteiger partial charge >= 0.3 is 0 Å². The molecule has 1 amide bonds. The highest BCUT2D eigenvalue weighted by Gasteiger charge is 2.47. The molecule has 9 nitrogen and oxygen atoms in total. The maximum absolute atomic E-state index is 13.5. The Bertz CT molecular complexity index is 1410. The maximum Gasteiger partial charge on any atom is 0.300 e. The first-order chi connectivity index (χ1) is 18.0. The molecule has 190 valence electrons. The Morgan fingerprint density at radius 3 is 2.54 bits per heavy atom. The summed E-state index contributed by atoms with van der Waals surface area (Å²) in [6, 6.07) is 15.9. The van der Waals surface area contributed by atoms with Crippen molar-refractivity contribution in [1.29, 1.82) is 0 Å². The number of methoxy groups -OCH3 is 2. The summed E-state index contributed by atoms with van der Waals surface area (Å²) in [6.45, 7) is 2.36. The number of fused-ring (bicyclic) bond motifs is 1. The number of amides is 1. The number of aliphatic hydroxyl groups is 1. The first kappa shape index (κ1) is 24.1. The monoisotopic (exact) mass is 503 g/mol. The molecule has 2 aliphatic heterocycles. The third-order valence-corrected chi connectivity index (χ3v) is 6.23. The Morgan fingerprint density at radius 2 is 1.78 bits per heavy atom. The van der Waals surface area contributed by atoms with Crippen LogP contribution in [0.25, 0.3) is 5.76 Å². The van der Waals surface area contributed by atoms with Crippen molar-refractivity contribution in [2.45, 2.75) is 13.0 Å². The minimum Gasteiger partial charge on any atom is -0.507 e. The average molecular weight is 504 g/mol. The molecule has 0 saturated carbocycles. The first-order valence-corrected chi connectivity index (χ1v) is 11.6. The molecule has 2 heterocycles. The molecule has 0 aromatic heterocycles. The van der Waals surface area contributed by atoms with Crippen LogP contribution in [-0.4, -0.2) is 44.4 Å². The van der Waals surface area contributed by atoms with Crippen LogP contribution in [-0.2, 0) is 9.59 Å². The van der Waals surface area contributed by atoms with Crippen LogP contribution in [0.15, 0.2) is 66.2 Å². The molecule has 1 unspecified atom stereocenters. The molecule has 9 heteroatoms. The highest BCUT2D eigenvalue weighted by atomic mass is 16.7. The highest BCUT2D eigenvalue weighted by molar-refractivity contribution is 6.51. The lowest BCUT2D eigenvalue weighted by molar-refractivity contribution is -0.132. The van der Waals surface area contributed by atoms with Crippen LogP contribution in [0.5, 0.6) is 28.7 Å². The van der Waals surface area contributed by atoms with E-state index in [-0.39, 0.29) is 23.7 Å². The molecule has 5 rings (SSSR count). The number of benzene rings is 3. The second kappa shape index (κ2) is 9.77. The van der Waals surface area contributed by atoms with Crippen LogP contribution in [0.4, 0.5) is 5.69 Å². The Morgan fingerprint density at radius 1 is 0.973 bits per heavy atom. The Labute approximate surface area is 213 Å². The van der Waals surface area contributed by atoms with Crippen molar-refractivity contribution in [2.75, 3.05) is 32.5 Å². The van der Waals surface area contributed by atoms with Gasteiger partial charge in [0.15, 0.2) is 11.5 Å². The largest absolute Gasteiger partial charge is 0.507 e. The van der Waals surface area contributed by atoms with Gasteiger partial charge in [0.2, 0.25) is 6.79 Å². The van der Waals surface area contributed by atoms with Crippen LogP contribution in [0.1, 0.15) is 24.1 Å². The maximum atomic E-state index is 13.5. The number of ether oxygens (including phenoxy) is 5. The molecule has 1 saturated heterocycles. The molecular weight excluding hydrogens is 478 g/mol. The minimum atomic E-state index is -0.961. The second-order valence-electron chi connectivity index (χ2n) is 8.28. The molecule has 0 radical (unpaired) electrons. The molecule has 0 spiro atoms. The fourth-order valence-electron chi connectivity index (χ4n) is 4.53. The third-order valence-electron chi connectivity index (χ3n) is 6.23. The fraction of sp³-hybridized carbons (Fsp3) is 0.214. The minimum absolute atomic E-state index is 0.0626. The molecular formula is C28H25NO8. The van der Waals surface area contributed by atoms with Crippen molar-refractivity contribution in [2.24, 2.45) is 0 Å². The van der Waals surface area contributed by atoms with E-state index in [2.05, 4.69) is 0 Å². The summed E-state index contributed by atoms with van der Waals surface area (Å²) in [7, 11) is 2.94. The molecule has 0 bridgehead atoms. The number of rotatable bonds is 7. The number of carbonyl (C=O) groups excluding carboxylic acids is 2. The molecule has 1 fully saturated rings. The zero-order chi connectivity index (χ0) is 26.1. The van der Waals surface area contributed by atoms with E-state index in [0.717, 1.165) is 0 Å². The summed E-state index contributed by atoms with van der Waals surface area (Å²) >= 11 is 0. The van der Waals surface area contributed by atoms with Gasteiger partial charge in [0.1, 0.15) is 23.0 Å². The third kappa shape index (κ3) is 4.18. The summed E-state index contributed by atoms with van der Waals surface area (Å²) in [5.41, 5.74) is 1.11. The van der Waals surface area contributed by atoms with Gasteiger partial charge in [-0.15, -0.1) is 0 Å². The molecule has 1 N–H and O–H groups in total. The first-order valence-electron chi connectivity index (χ1n) is 11.6. The molecule has 1 atom stereocenters. The van der Waals surface area contributed by atoms with Gasteiger partial charge in [-0.3, -0.25) is 14.5 Å². The summed E-state index contributed by atoms with van der Waals surface area (Å²) in [4.78, 5) is 28.4. The van der Waals surface area contributed by atoms with Crippen LogP contribution in [0.2, 0.25) is 0 Å². The quantitative estimate of drug-likeness (QED) is 0.286. The molecule has 37 heavy (non-hydrogen) atoms. The lowest BCUT2D eigenvalue weighted by atomic mass is 9.94. The number of nitrogens with zero attached hydrogens (tertiary/aromatic N) is 1. The van der Waals surface area contributed by atoms with Crippen LogP contribution in [0.3, 0.4) is 0 Å². The zero-order valence-electron chi connectivity index (χ0n) is 20.5. The molecule has 0 aliphatic carbocycles. The van der Waals surface area contributed by atoms with Crippen LogP contribution >= 0.6 is 0 Å². The highest BCUT2D eigenvalue weighted by Crippen LogP contribution is 2.46. The van der Waals surface area contributed by atoms with E-state index in [4.69, 9.17) is 23.7 Å². The van der Waals surface area contributed by atoms with Gasteiger partial charge in [0, 0.05) is 11.8 Å². The Kier molecular flexibility index (Phi) is 6.35. The Hall–Kier alpha value is -4.66. The molecule has 2 aliphatic rings. The van der Waals surface area contributed by atoms with Gasteiger partial charge in [-0.25, -0.2) is 0 Å². The van der Waals surface area contributed by atoms with Gasteiger partial charge in [-0.1, -0.05) is 12.1 Å². The summed E-state index contributed by atoms with van der Waals surface area (Å²) in [5.74, 6) is 0.295. The zero-order valence-corrected chi connectivity index (χ0v) is 20.5. The second-order valence-corrected chi connectivity index (χ2v) is 8.28. The van der Waals surface area contributed by atoms with E-state index >= 15 is 0 Å². The lowest BCUT2D eigenvalue weighted by Crippen LogP contribution is -2.29. The fourth-order valence-corrected chi connectivity index (χ4v) is 4.53. The van der Waals surface area contributed by atoms with Crippen LogP contribution in [0, 0.1) is 0 Å². The van der Waals surface area contributed by atoms with Gasteiger partial charge in [-0.05, 0) is 55.0 Å². The number of hydrogen-bond acceptors (Lipinski definition) is 8. The predicted molar refractivity (Wildman–Crippen MR) is 135 cm³/mol. The number of ketones is 1. The van der Waals surface area contributed by atoms with Crippen molar-refractivity contribution >= 4 is 23.1 Å². The number of aliphatic hydroxyl groups excluding tert-OH is 1. The van der Waals surface area contributed by atoms with E-state index < -0.39 is 17.7 Å². The average Bonchev–Trinajstić information content (AvgIpc) is 3.50. The van der Waals surface area contributed by atoms with E-state index in [1.807, 2.05) is 6.92 Å². The van der Waals surface area contributed by atoms with Gasteiger partial charge in [-0.2, -0.15) is 0 Å². The molecule has 3 aromatic rings. The van der Waals surface area contributed by atoms with Crippen molar-refractivity contribution < 1.29 is 38.4 Å². The number of anilines is 1. The van der Waals surface area contributed by atoms with E-state index in [9.17, 15) is 14.7 Å². The molecule has 3 aromatic carbocycles. The Balaban J connectivity index is 1.73. The van der Waals surface area contributed by atoms with Gasteiger partial charge < -0.3 is 28.8 Å². The van der Waals surface area contributed by atoms with E-state index in [1.165, 1.54) is 19.1 Å². The van der Waals surface area contributed by atoms with E-state index in [0.29, 0.717) is 46.6 Å². The van der Waals surface area contributed by atoms with Crippen molar-refractivity contribution in [1.82, 2.24) is 0 Å². The number of carbonyl (C=O) groups is 2. The normalized spacial score (nSPS) is 17.7. The number of hydrogen-bond donors (Lipinski definition) is 1. The standard InChI is InChI=1S/C28H25NO8/c1-4-35-19-7-5-6-16(12-19)25-24(26(30)20-14-18(33-2)9-11-21(20)34-3)27(31)28(32)29(25)17-8-10-22-23(13-17)37-15-36-22/h5-14,25,30H,4,15H2,1-3H3/b26-24+. The SMILES string of the molecule is CCOc1cccc(C2/C(=C(\O)c3cc(OC)ccc3OC)C(=O)C(=O)N2c2ccc3c(c2)OCO3)c1. The summed E-state index contributed by atoms with van der Waals surface area (Å²) < 4.78 is 27.3. The van der Waals surface area contributed by atoms with Gasteiger partial charge in [0.05, 0.1) is 38.0 Å². The summed E-state index contributed by atoms with van der Waals surface area (Å²) in [6.07, 6.45) is 0. The van der Waals surface area contributed by atoms with Crippen molar-refractivity contribution in [3.05, 3.63) is 77.4 Å². The number of Topliss-reactive ketones (excluding diaryl/α,β-unsaturated/α-hetero) is 1. The van der Waals surface area contributed by atoms with Gasteiger partial charge in [0.25, 0.3) is 11.7 Å². The topological polar surface area (TPSA) is 104 Å².